The number of hydrogen-bond donors (Lipinski definition) is 1. The number of carbonyl (C=O) groups is 1. The third-order valence-corrected chi connectivity index (χ3v) is 7.96. The molecule has 1 aliphatic rings. The second-order valence-electron chi connectivity index (χ2n) is 9.45. The molecule has 4 heteroatoms. The summed E-state index contributed by atoms with van der Waals surface area (Å²) < 4.78 is 1.28. The minimum atomic E-state index is -0.874. The number of halogens is 1. The van der Waals surface area contributed by atoms with Crippen LogP contribution in [-0.2, 0) is 12.8 Å². The fraction of sp³-hybridized carbons (Fsp3) is 0.290. The molecular weight excluding hydrogens is 545 g/mol. The SMILES string of the molecule is CC(CCc1ccccc1I)c1cc(C(=O)O)ccc1CCC1=Nc2ccccc2C(C)CC=C1. The van der Waals surface area contributed by atoms with Crippen molar-refractivity contribution in [1.29, 1.82) is 0 Å². The van der Waals surface area contributed by atoms with Gasteiger partial charge in [0.15, 0.2) is 0 Å². The summed E-state index contributed by atoms with van der Waals surface area (Å²) in [5.74, 6) is -0.159. The van der Waals surface area contributed by atoms with Gasteiger partial charge < -0.3 is 5.11 Å². The molecule has 2 unspecified atom stereocenters. The van der Waals surface area contributed by atoms with Crippen molar-refractivity contribution in [3.8, 4) is 0 Å². The molecule has 35 heavy (non-hydrogen) atoms. The Morgan fingerprint density at radius 3 is 2.60 bits per heavy atom. The number of aliphatic imine (C=N–C) groups is 1. The molecule has 3 nitrogen and oxygen atoms in total. The quantitative estimate of drug-likeness (QED) is 0.273. The fourth-order valence-corrected chi connectivity index (χ4v) is 5.44. The molecule has 3 aromatic carbocycles. The number of allylic oxidation sites excluding steroid dienone is 2. The Morgan fingerprint density at radius 1 is 1.03 bits per heavy atom. The first kappa shape index (κ1) is 25.4. The Bertz CT molecular complexity index is 1260. The largest absolute Gasteiger partial charge is 0.478 e. The van der Waals surface area contributed by atoms with E-state index in [9.17, 15) is 9.90 Å². The number of fused-ring (bicyclic) bond motifs is 1. The molecule has 0 aromatic heterocycles. The Kier molecular flexibility index (Phi) is 8.55. The van der Waals surface area contributed by atoms with Crippen LogP contribution in [0, 0.1) is 3.57 Å². The molecule has 0 spiro atoms. The molecule has 0 saturated carbocycles. The number of carboxylic acids is 1. The van der Waals surface area contributed by atoms with Crippen molar-refractivity contribution in [2.24, 2.45) is 4.99 Å². The first-order valence-corrected chi connectivity index (χ1v) is 13.4. The van der Waals surface area contributed by atoms with Crippen LogP contribution in [0.2, 0.25) is 0 Å². The van der Waals surface area contributed by atoms with Crippen LogP contribution >= 0.6 is 22.6 Å². The second-order valence-corrected chi connectivity index (χ2v) is 10.6. The van der Waals surface area contributed by atoms with E-state index in [1.54, 1.807) is 6.07 Å². The van der Waals surface area contributed by atoms with Crippen molar-refractivity contribution in [3.05, 3.63) is 110 Å². The minimum Gasteiger partial charge on any atom is -0.478 e. The van der Waals surface area contributed by atoms with Crippen LogP contribution < -0.4 is 0 Å². The van der Waals surface area contributed by atoms with Crippen LogP contribution in [0.1, 0.15) is 77.6 Å². The third-order valence-electron chi connectivity index (χ3n) is 6.91. The maximum atomic E-state index is 11.7. The molecular formula is C31H32INO2. The molecule has 2 atom stereocenters. The summed E-state index contributed by atoms with van der Waals surface area (Å²) in [5.41, 5.74) is 7.49. The highest BCUT2D eigenvalue weighted by molar-refractivity contribution is 14.1. The summed E-state index contributed by atoms with van der Waals surface area (Å²) >= 11 is 2.39. The average Bonchev–Trinajstić information content (AvgIpc) is 2.85. The van der Waals surface area contributed by atoms with Crippen LogP contribution in [0.5, 0.6) is 0 Å². The smallest absolute Gasteiger partial charge is 0.335 e. The second kappa shape index (κ2) is 11.8. The van der Waals surface area contributed by atoms with Crippen molar-refractivity contribution >= 4 is 40.0 Å². The van der Waals surface area contributed by atoms with Crippen LogP contribution in [0.4, 0.5) is 5.69 Å². The van der Waals surface area contributed by atoms with Crippen LogP contribution in [-0.4, -0.2) is 16.8 Å². The maximum absolute atomic E-state index is 11.7. The zero-order chi connectivity index (χ0) is 24.8. The van der Waals surface area contributed by atoms with E-state index < -0.39 is 5.97 Å². The number of rotatable bonds is 8. The predicted octanol–water partition coefficient (Wildman–Crippen LogP) is 8.49. The Labute approximate surface area is 222 Å². The lowest BCUT2D eigenvalue weighted by Crippen LogP contribution is -2.08. The van der Waals surface area contributed by atoms with Gasteiger partial charge in [0.2, 0.25) is 0 Å². The van der Waals surface area contributed by atoms with Gasteiger partial charge in [-0.3, -0.25) is 4.99 Å². The molecule has 0 fully saturated rings. The highest BCUT2D eigenvalue weighted by atomic mass is 127. The highest BCUT2D eigenvalue weighted by Gasteiger charge is 2.16. The first-order chi connectivity index (χ1) is 16.9. The number of benzene rings is 3. The molecule has 0 bridgehead atoms. The van der Waals surface area contributed by atoms with Crippen LogP contribution in [0.25, 0.3) is 0 Å². The van der Waals surface area contributed by atoms with Gasteiger partial charge in [-0.25, -0.2) is 4.79 Å². The van der Waals surface area contributed by atoms with Crippen LogP contribution in [0.3, 0.4) is 0 Å². The van der Waals surface area contributed by atoms with E-state index in [1.807, 2.05) is 12.1 Å². The fourth-order valence-electron chi connectivity index (χ4n) is 4.78. The summed E-state index contributed by atoms with van der Waals surface area (Å²) in [6.07, 6.45) is 9.01. The highest BCUT2D eigenvalue weighted by Crippen LogP contribution is 2.32. The number of para-hydroxylation sites is 1. The number of aryl methyl sites for hydroxylation is 2. The predicted molar refractivity (Wildman–Crippen MR) is 153 cm³/mol. The summed E-state index contributed by atoms with van der Waals surface area (Å²) in [6, 6.07) is 22.5. The van der Waals surface area contributed by atoms with Crippen molar-refractivity contribution in [2.75, 3.05) is 0 Å². The zero-order valence-corrected chi connectivity index (χ0v) is 22.5. The summed E-state index contributed by atoms with van der Waals surface area (Å²) in [5, 5.41) is 9.60. The van der Waals surface area contributed by atoms with Gasteiger partial charge in [-0.1, -0.05) is 62.4 Å². The Morgan fingerprint density at radius 2 is 1.80 bits per heavy atom. The lowest BCUT2D eigenvalue weighted by Gasteiger charge is -2.19. The molecule has 0 amide bonds. The Hall–Kier alpha value is -2.73. The molecule has 1 N–H and O–H groups in total. The number of hydrogen-bond acceptors (Lipinski definition) is 2. The molecule has 4 rings (SSSR count). The monoisotopic (exact) mass is 577 g/mol. The maximum Gasteiger partial charge on any atom is 0.335 e. The van der Waals surface area contributed by atoms with Gasteiger partial charge in [-0.15, -0.1) is 0 Å². The summed E-state index contributed by atoms with van der Waals surface area (Å²) in [7, 11) is 0. The molecule has 180 valence electrons. The average molecular weight is 578 g/mol. The topological polar surface area (TPSA) is 49.7 Å². The van der Waals surface area contributed by atoms with Crippen molar-refractivity contribution < 1.29 is 9.90 Å². The van der Waals surface area contributed by atoms with E-state index in [4.69, 9.17) is 4.99 Å². The van der Waals surface area contributed by atoms with E-state index >= 15 is 0 Å². The van der Waals surface area contributed by atoms with Crippen molar-refractivity contribution in [3.63, 3.8) is 0 Å². The van der Waals surface area contributed by atoms with E-state index in [1.165, 1.54) is 20.3 Å². The van der Waals surface area contributed by atoms with E-state index in [2.05, 4.69) is 97.1 Å². The molecule has 1 heterocycles. The van der Waals surface area contributed by atoms with Gasteiger partial charge >= 0.3 is 5.97 Å². The molecule has 0 aliphatic carbocycles. The molecule has 0 saturated heterocycles. The van der Waals surface area contributed by atoms with Crippen molar-refractivity contribution in [2.45, 2.75) is 57.8 Å². The summed E-state index contributed by atoms with van der Waals surface area (Å²) in [6.45, 7) is 4.46. The number of nitrogens with zero attached hydrogens (tertiary/aromatic N) is 1. The van der Waals surface area contributed by atoms with E-state index in [-0.39, 0.29) is 5.92 Å². The van der Waals surface area contributed by atoms with Gasteiger partial charge in [-0.05, 0) is 119 Å². The third kappa shape index (κ3) is 6.49. The van der Waals surface area contributed by atoms with Gasteiger partial charge in [-0.2, -0.15) is 0 Å². The van der Waals surface area contributed by atoms with Crippen LogP contribution in [0.15, 0.2) is 83.9 Å². The molecule has 3 aromatic rings. The minimum absolute atomic E-state index is 0.261. The van der Waals surface area contributed by atoms with Crippen molar-refractivity contribution in [1.82, 2.24) is 0 Å². The standard InChI is InChI=1S/C31H32INO2/c1-21-8-7-10-26(33-30-13-6-4-11-27(21)30)19-18-23-16-17-25(31(34)35)20-28(23)22(2)14-15-24-9-3-5-12-29(24)32/h3-7,9-13,16-17,20-22H,8,14-15,18-19H2,1-2H3,(H,34,35). The molecule has 1 aliphatic heterocycles. The van der Waals surface area contributed by atoms with E-state index in [0.717, 1.165) is 49.1 Å². The van der Waals surface area contributed by atoms with E-state index in [0.29, 0.717) is 11.5 Å². The van der Waals surface area contributed by atoms with Gasteiger partial charge in [0.1, 0.15) is 0 Å². The summed E-state index contributed by atoms with van der Waals surface area (Å²) in [4.78, 5) is 16.7. The Balaban J connectivity index is 1.55. The van der Waals surface area contributed by atoms with Gasteiger partial charge in [0.25, 0.3) is 0 Å². The lowest BCUT2D eigenvalue weighted by atomic mass is 9.87. The van der Waals surface area contributed by atoms with Gasteiger partial charge in [0, 0.05) is 9.28 Å². The number of aromatic carboxylic acids is 1. The first-order valence-electron chi connectivity index (χ1n) is 12.3. The number of carboxylic acid groups (broad SMARTS) is 1. The zero-order valence-electron chi connectivity index (χ0n) is 20.4. The normalized spacial score (nSPS) is 16.1. The van der Waals surface area contributed by atoms with Gasteiger partial charge in [0.05, 0.1) is 11.3 Å². The molecule has 0 radical (unpaired) electrons. The lowest BCUT2D eigenvalue weighted by molar-refractivity contribution is 0.0696.